The summed E-state index contributed by atoms with van der Waals surface area (Å²) in [7, 11) is 0. The van der Waals surface area contributed by atoms with Crippen molar-refractivity contribution in [3.63, 3.8) is 0 Å². The van der Waals surface area contributed by atoms with E-state index < -0.39 is 0 Å². The quantitative estimate of drug-likeness (QED) is 0.0449. The van der Waals surface area contributed by atoms with Gasteiger partial charge < -0.3 is 23.7 Å². The van der Waals surface area contributed by atoms with Crippen LogP contribution in [-0.4, -0.2) is 62.5 Å². The van der Waals surface area contributed by atoms with Crippen molar-refractivity contribution in [1.82, 2.24) is 0 Å². The fourth-order valence-electron chi connectivity index (χ4n) is 11.7. The van der Waals surface area contributed by atoms with E-state index in [1.165, 1.54) is 334 Å². The molecule has 0 bridgehead atoms. The monoisotopic (exact) mass is 1140 g/mol. The lowest BCUT2D eigenvalue weighted by molar-refractivity contribution is -0.246. The van der Waals surface area contributed by atoms with E-state index in [-0.39, 0.29) is 29.4 Å². The summed E-state index contributed by atoms with van der Waals surface area (Å²) >= 11 is 4.00. The normalized spacial score (nSPS) is 17.9. The number of unbranched alkanes of at least 4 members (excludes halogenated alkanes) is 52. The summed E-state index contributed by atoms with van der Waals surface area (Å²) in [6.45, 7) is 12.8. The molecule has 1 rings (SSSR count). The van der Waals surface area contributed by atoms with E-state index in [2.05, 4.69) is 43.6 Å². The fraction of sp³-hybridized carbons (Fsp3) is 1.00. The van der Waals surface area contributed by atoms with Gasteiger partial charge in [0, 0.05) is 26.4 Å². The SMILES string of the molecule is CCCCCCCCCCCCCCCCOC[C@H]1O[C@H](Br)[C@H](OCCCCCCCCCCCCCCCC)[C@@H](OCCCCCCCCCCCCCCCC)[C@H]1OCCCCCCCCCCCCCCCC. The van der Waals surface area contributed by atoms with Crippen LogP contribution < -0.4 is 0 Å². The predicted octanol–water partition coefficient (Wildman–Crippen LogP) is 24.2. The highest BCUT2D eigenvalue weighted by Crippen LogP contribution is 2.32. The lowest BCUT2D eigenvalue weighted by Crippen LogP contribution is -2.60. The largest absolute Gasteiger partial charge is 0.379 e. The first kappa shape index (κ1) is 74.3. The minimum Gasteiger partial charge on any atom is -0.379 e. The molecule has 0 N–H and O–H groups in total. The summed E-state index contributed by atoms with van der Waals surface area (Å²) in [5.41, 5.74) is 0. The Bertz CT molecular complexity index is 1060. The Morgan fingerprint density at radius 3 is 0.684 bits per heavy atom. The Morgan fingerprint density at radius 1 is 0.237 bits per heavy atom. The number of rotatable bonds is 65. The van der Waals surface area contributed by atoms with Crippen LogP contribution in [0.25, 0.3) is 0 Å². The maximum absolute atomic E-state index is 6.98. The molecule has 0 saturated carbocycles. The van der Waals surface area contributed by atoms with Crippen LogP contribution in [0, 0.1) is 0 Å². The summed E-state index contributed by atoms with van der Waals surface area (Å²) < 4.78 is 34.0. The first-order valence-electron chi connectivity index (χ1n) is 35.4. The number of halogens is 1. The highest BCUT2D eigenvalue weighted by Gasteiger charge is 2.47. The van der Waals surface area contributed by atoms with Crippen LogP contribution in [0.4, 0.5) is 0 Å². The molecule has 6 heteroatoms. The van der Waals surface area contributed by atoms with Crippen molar-refractivity contribution in [1.29, 1.82) is 0 Å². The molecule has 0 aliphatic carbocycles. The molecule has 0 aromatic carbocycles. The van der Waals surface area contributed by atoms with Gasteiger partial charge >= 0.3 is 0 Å². The van der Waals surface area contributed by atoms with E-state index in [0.717, 1.165) is 52.1 Å². The zero-order chi connectivity index (χ0) is 54.6. The summed E-state index contributed by atoms with van der Waals surface area (Å²) in [6, 6.07) is 0. The molecule has 1 aliphatic heterocycles. The highest BCUT2D eigenvalue weighted by molar-refractivity contribution is 9.09. The van der Waals surface area contributed by atoms with Gasteiger partial charge in [0.05, 0.1) is 6.61 Å². The second-order valence-electron chi connectivity index (χ2n) is 24.5. The van der Waals surface area contributed by atoms with Crippen molar-refractivity contribution in [2.24, 2.45) is 0 Å². The van der Waals surface area contributed by atoms with Gasteiger partial charge in [0.15, 0.2) is 0 Å². The molecule has 1 aliphatic rings. The number of alkyl halides is 1. The van der Waals surface area contributed by atoms with Gasteiger partial charge in [0.2, 0.25) is 0 Å². The Labute approximate surface area is 486 Å². The second-order valence-corrected chi connectivity index (χ2v) is 25.4. The van der Waals surface area contributed by atoms with E-state index in [1.807, 2.05) is 0 Å². The third kappa shape index (κ3) is 50.0. The molecular weight excluding hydrogens is 1000 g/mol. The summed E-state index contributed by atoms with van der Waals surface area (Å²) in [5, 5.41) is -0.240. The summed E-state index contributed by atoms with van der Waals surface area (Å²) in [5.74, 6) is 0. The highest BCUT2D eigenvalue weighted by atomic mass is 79.9. The molecule has 0 aromatic heterocycles. The van der Waals surface area contributed by atoms with Crippen molar-refractivity contribution in [2.45, 2.75) is 417 Å². The molecule has 1 heterocycles. The third-order valence-electron chi connectivity index (χ3n) is 16.9. The zero-order valence-electron chi connectivity index (χ0n) is 52.4. The molecule has 456 valence electrons. The van der Waals surface area contributed by atoms with E-state index in [9.17, 15) is 0 Å². The van der Waals surface area contributed by atoms with Gasteiger partial charge in [0.25, 0.3) is 0 Å². The summed E-state index contributed by atoms with van der Waals surface area (Å²) in [4.78, 5) is 0. The van der Waals surface area contributed by atoms with Crippen LogP contribution in [0.5, 0.6) is 0 Å². The Hall–Kier alpha value is 0.280. The van der Waals surface area contributed by atoms with E-state index >= 15 is 0 Å². The van der Waals surface area contributed by atoms with Crippen molar-refractivity contribution < 1.29 is 23.7 Å². The van der Waals surface area contributed by atoms with E-state index in [4.69, 9.17) is 23.7 Å². The number of hydrogen-bond donors (Lipinski definition) is 0. The topological polar surface area (TPSA) is 46.2 Å². The third-order valence-corrected chi connectivity index (χ3v) is 17.7. The van der Waals surface area contributed by atoms with Crippen LogP contribution in [-0.2, 0) is 23.7 Å². The average molecular weight is 1140 g/mol. The van der Waals surface area contributed by atoms with Gasteiger partial charge in [-0.2, -0.15) is 0 Å². The molecule has 5 nitrogen and oxygen atoms in total. The smallest absolute Gasteiger partial charge is 0.141 e. The lowest BCUT2D eigenvalue weighted by atomic mass is 9.99. The molecule has 5 atom stereocenters. The van der Waals surface area contributed by atoms with Crippen LogP contribution in [0.2, 0.25) is 0 Å². The first-order valence-corrected chi connectivity index (χ1v) is 36.3. The van der Waals surface area contributed by atoms with Gasteiger partial charge in [-0.25, -0.2) is 0 Å². The van der Waals surface area contributed by atoms with Crippen LogP contribution in [0.1, 0.15) is 387 Å². The molecule has 0 radical (unpaired) electrons. The average Bonchev–Trinajstić information content (AvgIpc) is 3.43. The molecule has 1 saturated heterocycles. The van der Waals surface area contributed by atoms with E-state index in [1.54, 1.807) is 0 Å². The number of ether oxygens (including phenoxy) is 5. The second kappa shape index (κ2) is 62.9. The van der Waals surface area contributed by atoms with Crippen LogP contribution in [0.15, 0.2) is 0 Å². The van der Waals surface area contributed by atoms with Crippen molar-refractivity contribution >= 4 is 15.9 Å². The molecular formula is C70H139BrO5. The Balaban J connectivity index is 2.72. The van der Waals surface area contributed by atoms with Crippen molar-refractivity contribution in [3.8, 4) is 0 Å². The van der Waals surface area contributed by atoms with Crippen molar-refractivity contribution in [3.05, 3.63) is 0 Å². The Morgan fingerprint density at radius 2 is 0.434 bits per heavy atom. The summed E-state index contributed by atoms with van der Waals surface area (Å²) in [6.07, 6.45) is 75.8. The maximum Gasteiger partial charge on any atom is 0.141 e. The van der Waals surface area contributed by atoms with Gasteiger partial charge in [-0.1, -0.05) is 378 Å². The molecule has 1 fully saturated rings. The number of hydrogen-bond acceptors (Lipinski definition) is 5. The fourth-order valence-corrected chi connectivity index (χ4v) is 12.4. The van der Waals surface area contributed by atoms with Gasteiger partial charge in [-0.15, -0.1) is 0 Å². The molecule has 76 heavy (non-hydrogen) atoms. The molecule has 0 amide bonds. The first-order chi connectivity index (χ1) is 37.7. The molecule has 0 spiro atoms. The van der Waals surface area contributed by atoms with Gasteiger partial charge in [0.1, 0.15) is 29.4 Å². The standard InChI is InChI=1S/C70H139BrO5/c1-5-9-13-17-21-25-29-33-37-41-45-49-53-57-61-72-65-66-67(73-62-58-54-50-46-42-38-34-30-26-22-18-14-10-6-2)68(74-63-59-55-51-47-43-39-35-31-27-23-19-15-11-7-3)69(70(71)76-66)75-64-60-56-52-48-44-40-36-32-28-24-20-16-12-8-4/h66-70H,5-65H2,1-4H3/t66-,67+,68+,69-,70+/m1/s1. The lowest BCUT2D eigenvalue weighted by Gasteiger charge is -2.44. The maximum atomic E-state index is 6.98. The zero-order valence-corrected chi connectivity index (χ0v) is 54.0. The van der Waals surface area contributed by atoms with Gasteiger partial charge in [-0.05, 0) is 25.7 Å². The van der Waals surface area contributed by atoms with Crippen LogP contribution >= 0.6 is 15.9 Å². The van der Waals surface area contributed by atoms with E-state index in [0.29, 0.717) is 6.61 Å². The Kier molecular flexibility index (Phi) is 61.5. The minimum atomic E-state index is -0.240. The van der Waals surface area contributed by atoms with Crippen LogP contribution in [0.3, 0.4) is 0 Å². The van der Waals surface area contributed by atoms with Gasteiger partial charge in [-0.3, -0.25) is 0 Å². The van der Waals surface area contributed by atoms with Crippen molar-refractivity contribution in [2.75, 3.05) is 33.0 Å². The molecule has 0 unspecified atom stereocenters. The minimum absolute atomic E-state index is 0.173. The predicted molar refractivity (Wildman–Crippen MR) is 339 cm³/mol. The molecule has 0 aromatic rings.